The number of hydrogen-bond acceptors (Lipinski definition) is 4. The van der Waals surface area contributed by atoms with E-state index < -0.39 is 11.5 Å². The van der Waals surface area contributed by atoms with Gasteiger partial charge < -0.3 is 10.1 Å². The van der Waals surface area contributed by atoms with Crippen molar-refractivity contribution in [2.24, 2.45) is 17.3 Å². The summed E-state index contributed by atoms with van der Waals surface area (Å²) in [6, 6.07) is 7.33. The number of benzene rings is 1. The van der Waals surface area contributed by atoms with E-state index >= 15 is 0 Å². The van der Waals surface area contributed by atoms with E-state index in [9.17, 15) is 14.4 Å². The van der Waals surface area contributed by atoms with Crippen LogP contribution < -0.4 is 5.32 Å². The molecule has 0 heterocycles. The van der Waals surface area contributed by atoms with Crippen molar-refractivity contribution in [3.63, 3.8) is 0 Å². The van der Waals surface area contributed by atoms with Gasteiger partial charge in [0.15, 0.2) is 6.10 Å². The van der Waals surface area contributed by atoms with Gasteiger partial charge in [0.2, 0.25) is 11.7 Å². The standard InChI is InChI=1S/C23H29NO4/c1-14-4-6-19(7-5-14)20(26)15(2)28-21(27)22-9-17-8-18(10-22)12-23(11-17,13-22)24-16(3)25/h4-7,15,17-18H,8-13H2,1-3H3,(H,24,25)/t15-,17+,18+,22?,23?/m0/s1. The molecule has 150 valence electrons. The molecule has 4 saturated carbocycles. The SMILES string of the molecule is CC(=O)NC12C[C@@H]3C[C@@H](C1)CC(C(=O)O[C@@H](C)C(=O)c1ccc(C)cc1)(C3)C2. The third kappa shape index (κ3) is 3.36. The molecule has 0 saturated heterocycles. The van der Waals surface area contributed by atoms with Gasteiger partial charge in [-0.3, -0.25) is 14.4 Å². The lowest BCUT2D eigenvalue weighted by molar-refractivity contribution is -0.178. The summed E-state index contributed by atoms with van der Waals surface area (Å²) in [6.07, 6.45) is 4.50. The van der Waals surface area contributed by atoms with Crippen molar-refractivity contribution >= 4 is 17.7 Å². The van der Waals surface area contributed by atoms with Crippen LogP contribution in [0, 0.1) is 24.2 Å². The molecule has 1 N–H and O–H groups in total. The van der Waals surface area contributed by atoms with Crippen molar-refractivity contribution in [3.05, 3.63) is 35.4 Å². The maximum absolute atomic E-state index is 13.2. The van der Waals surface area contributed by atoms with E-state index in [-0.39, 0.29) is 23.2 Å². The average Bonchev–Trinajstić information content (AvgIpc) is 2.59. The number of ketones is 1. The molecule has 4 bridgehead atoms. The predicted octanol–water partition coefficient (Wildman–Crippen LogP) is 3.58. The lowest BCUT2D eigenvalue weighted by Crippen LogP contribution is -2.64. The minimum Gasteiger partial charge on any atom is -0.454 e. The summed E-state index contributed by atoms with van der Waals surface area (Å²) in [7, 11) is 0. The Morgan fingerprint density at radius 1 is 1.07 bits per heavy atom. The quantitative estimate of drug-likeness (QED) is 0.623. The fourth-order valence-corrected chi connectivity index (χ4v) is 6.31. The fraction of sp³-hybridized carbons (Fsp3) is 0.609. The molecule has 0 spiro atoms. The van der Waals surface area contributed by atoms with Crippen molar-refractivity contribution in [2.45, 2.75) is 70.9 Å². The molecule has 5 nitrogen and oxygen atoms in total. The number of aryl methyl sites for hydroxylation is 1. The Balaban J connectivity index is 1.50. The van der Waals surface area contributed by atoms with Crippen LogP contribution in [0.2, 0.25) is 0 Å². The van der Waals surface area contributed by atoms with E-state index in [2.05, 4.69) is 5.32 Å². The van der Waals surface area contributed by atoms with Crippen molar-refractivity contribution in [1.29, 1.82) is 0 Å². The van der Waals surface area contributed by atoms with E-state index in [1.807, 2.05) is 19.1 Å². The van der Waals surface area contributed by atoms with Crippen LogP contribution in [-0.2, 0) is 14.3 Å². The van der Waals surface area contributed by atoms with Crippen molar-refractivity contribution < 1.29 is 19.1 Å². The molecule has 1 aromatic carbocycles. The first-order chi connectivity index (χ1) is 13.2. The molecule has 1 aromatic rings. The zero-order valence-electron chi connectivity index (χ0n) is 16.9. The zero-order valence-corrected chi connectivity index (χ0v) is 16.9. The first kappa shape index (κ1) is 19.2. The zero-order chi connectivity index (χ0) is 20.1. The minimum atomic E-state index is -0.806. The molecule has 4 fully saturated rings. The smallest absolute Gasteiger partial charge is 0.312 e. The van der Waals surface area contributed by atoms with Crippen LogP contribution in [0.25, 0.3) is 0 Å². The van der Waals surface area contributed by atoms with Crippen LogP contribution in [0.5, 0.6) is 0 Å². The van der Waals surface area contributed by atoms with E-state index in [4.69, 9.17) is 4.74 Å². The van der Waals surface area contributed by atoms with Crippen molar-refractivity contribution in [3.8, 4) is 0 Å². The number of carbonyl (C=O) groups excluding carboxylic acids is 3. The number of carbonyl (C=O) groups is 3. The number of hydrogen-bond donors (Lipinski definition) is 1. The highest BCUT2D eigenvalue weighted by atomic mass is 16.5. The van der Waals surface area contributed by atoms with Gasteiger partial charge in [-0.05, 0) is 64.2 Å². The van der Waals surface area contributed by atoms with Crippen LogP contribution >= 0.6 is 0 Å². The molecule has 0 aliphatic heterocycles. The predicted molar refractivity (Wildman–Crippen MR) is 105 cm³/mol. The number of esters is 1. The molecule has 0 aromatic heterocycles. The summed E-state index contributed by atoms with van der Waals surface area (Å²) >= 11 is 0. The Hall–Kier alpha value is -2.17. The molecule has 4 aliphatic rings. The van der Waals surface area contributed by atoms with Crippen LogP contribution in [0.15, 0.2) is 24.3 Å². The third-order valence-electron chi connectivity index (χ3n) is 6.92. The Morgan fingerprint density at radius 2 is 1.68 bits per heavy atom. The summed E-state index contributed by atoms with van der Waals surface area (Å²) < 4.78 is 5.73. The Bertz CT molecular complexity index is 798. The van der Waals surface area contributed by atoms with Gasteiger partial charge in [-0.15, -0.1) is 0 Å². The highest BCUT2D eigenvalue weighted by molar-refractivity contribution is 6.00. The van der Waals surface area contributed by atoms with E-state index in [1.165, 1.54) is 0 Å². The Morgan fingerprint density at radius 3 is 2.25 bits per heavy atom. The summed E-state index contributed by atoms with van der Waals surface area (Å²) in [6.45, 7) is 5.17. The number of Topliss-reactive ketones (excluding diaryl/α,β-unsaturated/α-hetero) is 1. The van der Waals surface area contributed by atoms with Gasteiger partial charge in [0.05, 0.1) is 5.41 Å². The molecule has 5 rings (SSSR count). The molecule has 1 amide bonds. The molecule has 0 unspecified atom stereocenters. The van der Waals surface area contributed by atoms with Gasteiger partial charge in [0, 0.05) is 18.0 Å². The van der Waals surface area contributed by atoms with Gasteiger partial charge in [-0.25, -0.2) is 0 Å². The van der Waals surface area contributed by atoms with E-state index in [0.29, 0.717) is 23.8 Å². The number of amides is 1. The highest BCUT2D eigenvalue weighted by Crippen LogP contribution is 2.62. The Kier molecular flexibility index (Phi) is 4.59. The second-order valence-corrected chi connectivity index (χ2v) is 9.48. The van der Waals surface area contributed by atoms with Gasteiger partial charge in [-0.2, -0.15) is 0 Å². The van der Waals surface area contributed by atoms with Gasteiger partial charge in [0.25, 0.3) is 0 Å². The largest absolute Gasteiger partial charge is 0.454 e. The van der Waals surface area contributed by atoms with Gasteiger partial charge in [0.1, 0.15) is 0 Å². The Labute approximate surface area is 166 Å². The second-order valence-electron chi connectivity index (χ2n) is 9.48. The lowest BCUT2D eigenvalue weighted by Gasteiger charge is -2.60. The maximum atomic E-state index is 13.2. The van der Waals surface area contributed by atoms with Crippen LogP contribution in [0.4, 0.5) is 0 Å². The second kappa shape index (κ2) is 6.71. The minimum absolute atomic E-state index is 0.0339. The number of nitrogens with one attached hydrogen (secondary N) is 1. The maximum Gasteiger partial charge on any atom is 0.312 e. The first-order valence-corrected chi connectivity index (χ1v) is 10.3. The average molecular weight is 383 g/mol. The van der Waals surface area contributed by atoms with Crippen molar-refractivity contribution in [1.82, 2.24) is 5.32 Å². The molecule has 28 heavy (non-hydrogen) atoms. The summed E-state index contributed by atoms with van der Waals surface area (Å²) in [5.41, 5.74) is 0.803. The van der Waals surface area contributed by atoms with Gasteiger partial charge in [-0.1, -0.05) is 29.8 Å². The van der Waals surface area contributed by atoms with Crippen LogP contribution in [-0.4, -0.2) is 29.3 Å². The normalized spacial score (nSPS) is 34.0. The summed E-state index contributed by atoms with van der Waals surface area (Å²) in [5.74, 6) is 0.430. The van der Waals surface area contributed by atoms with Crippen molar-refractivity contribution in [2.75, 3.05) is 0 Å². The molecule has 0 radical (unpaired) electrons. The number of rotatable bonds is 5. The summed E-state index contributed by atoms with van der Waals surface area (Å²) in [5, 5.41) is 3.16. The monoisotopic (exact) mass is 383 g/mol. The van der Waals surface area contributed by atoms with E-state index in [1.54, 1.807) is 26.0 Å². The molecule has 4 aliphatic carbocycles. The summed E-state index contributed by atoms with van der Waals surface area (Å²) in [4.78, 5) is 37.7. The van der Waals surface area contributed by atoms with E-state index in [0.717, 1.165) is 37.7 Å². The molecule has 3 atom stereocenters. The topological polar surface area (TPSA) is 72.5 Å². The van der Waals surface area contributed by atoms with Gasteiger partial charge >= 0.3 is 5.97 Å². The molecule has 5 heteroatoms. The lowest BCUT2D eigenvalue weighted by atomic mass is 9.47. The molecular weight excluding hydrogens is 354 g/mol. The first-order valence-electron chi connectivity index (χ1n) is 10.3. The fourth-order valence-electron chi connectivity index (χ4n) is 6.31. The molecular formula is C23H29NO4. The van der Waals surface area contributed by atoms with Crippen LogP contribution in [0.3, 0.4) is 0 Å². The highest BCUT2D eigenvalue weighted by Gasteiger charge is 2.61. The van der Waals surface area contributed by atoms with Crippen LogP contribution in [0.1, 0.15) is 68.3 Å². The number of ether oxygens (including phenoxy) is 1. The third-order valence-corrected chi connectivity index (χ3v) is 6.92.